The lowest BCUT2D eigenvalue weighted by Gasteiger charge is -2.22. The Kier molecular flexibility index (Phi) is 2.69. The van der Waals surface area contributed by atoms with Crippen molar-refractivity contribution in [2.45, 2.75) is 44.8 Å². The van der Waals surface area contributed by atoms with Gasteiger partial charge in [0, 0.05) is 37.8 Å². The highest BCUT2D eigenvalue weighted by Crippen LogP contribution is 2.21. The van der Waals surface area contributed by atoms with Gasteiger partial charge in [0.15, 0.2) is 0 Å². The number of nitrogens with one attached hydrogen (secondary N) is 1. The molecule has 2 atom stereocenters. The van der Waals surface area contributed by atoms with E-state index in [0.717, 1.165) is 30.6 Å². The second kappa shape index (κ2) is 4.18. The molecule has 3 heterocycles. The van der Waals surface area contributed by atoms with Crippen molar-refractivity contribution in [3.8, 4) is 0 Å². The van der Waals surface area contributed by atoms with Gasteiger partial charge in [-0.1, -0.05) is 5.16 Å². The summed E-state index contributed by atoms with van der Waals surface area (Å²) in [6.07, 6.45) is 3.97. The van der Waals surface area contributed by atoms with E-state index in [1.165, 1.54) is 25.8 Å². The van der Waals surface area contributed by atoms with Crippen LogP contribution >= 0.6 is 0 Å². The molecule has 0 saturated carbocycles. The zero-order valence-electron chi connectivity index (χ0n) is 9.78. The molecular weight excluding hydrogens is 202 g/mol. The van der Waals surface area contributed by atoms with Gasteiger partial charge >= 0.3 is 0 Å². The molecule has 1 aromatic heterocycles. The van der Waals surface area contributed by atoms with Crippen LogP contribution in [0.2, 0.25) is 0 Å². The van der Waals surface area contributed by atoms with Crippen molar-refractivity contribution in [1.82, 2.24) is 15.4 Å². The zero-order chi connectivity index (χ0) is 11.0. The Balaban J connectivity index is 1.63. The van der Waals surface area contributed by atoms with Gasteiger partial charge in [0.25, 0.3) is 0 Å². The Labute approximate surface area is 96.0 Å². The maximum absolute atomic E-state index is 5.11. The molecule has 0 radical (unpaired) electrons. The SMILES string of the molecule is Cc1cc(CN2CCC3CCC(C2)N3)no1. The fourth-order valence-electron chi connectivity index (χ4n) is 2.88. The molecule has 4 heteroatoms. The van der Waals surface area contributed by atoms with E-state index in [4.69, 9.17) is 4.52 Å². The Bertz CT molecular complexity index is 363. The van der Waals surface area contributed by atoms with Crippen LogP contribution in [0.4, 0.5) is 0 Å². The second-order valence-electron chi connectivity index (χ2n) is 5.09. The molecule has 3 rings (SSSR count). The van der Waals surface area contributed by atoms with Crippen LogP contribution < -0.4 is 5.32 Å². The van der Waals surface area contributed by atoms with Gasteiger partial charge in [0.1, 0.15) is 5.76 Å². The topological polar surface area (TPSA) is 41.3 Å². The van der Waals surface area contributed by atoms with Crippen molar-refractivity contribution < 1.29 is 4.52 Å². The van der Waals surface area contributed by atoms with E-state index in [2.05, 4.69) is 15.4 Å². The van der Waals surface area contributed by atoms with Crippen molar-refractivity contribution in [3.05, 3.63) is 17.5 Å². The molecule has 1 aromatic rings. The van der Waals surface area contributed by atoms with Gasteiger partial charge in [-0.15, -0.1) is 0 Å². The minimum atomic E-state index is 0.695. The van der Waals surface area contributed by atoms with E-state index in [1.807, 2.05) is 13.0 Å². The average molecular weight is 221 g/mol. The lowest BCUT2D eigenvalue weighted by Crippen LogP contribution is -2.35. The molecule has 2 saturated heterocycles. The summed E-state index contributed by atoms with van der Waals surface area (Å²) in [6.45, 7) is 5.22. The number of fused-ring (bicyclic) bond motifs is 2. The van der Waals surface area contributed by atoms with Crippen molar-refractivity contribution >= 4 is 0 Å². The molecule has 1 N–H and O–H groups in total. The van der Waals surface area contributed by atoms with Gasteiger partial charge in [0.05, 0.1) is 5.69 Å². The molecule has 2 bridgehead atoms. The summed E-state index contributed by atoms with van der Waals surface area (Å²) >= 11 is 0. The number of aromatic nitrogens is 1. The molecule has 4 nitrogen and oxygen atoms in total. The van der Waals surface area contributed by atoms with Gasteiger partial charge in [0.2, 0.25) is 0 Å². The van der Waals surface area contributed by atoms with Gasteiger partial charge in [-0.2, -0.15) is 0 Å². The van der Waals surface area contributed by atoms with E-state index in [1.54, 1.807) is 0 Å². The molecule has 2 fully saturated rings. The molecule has 88 valence electrons. The summed E-state index contributed by atoms with van der Waals surface area (Å²) < 4.78 is 5.11. The summed E-state index contributed by atoms with van der Waals surface area (Å²) in [5.74, 6) is 0.907. The third kappa shape index (κ3) is 2.13. The molecule has 0 aliphatic carbocycles. The summed E-state index contributed by atoms with van der Waals surface area (Å²) in [5, 5.41) is 7.75. The smallest absolute Gasteiger partial charge is 0.133 e. The van der Waals surface area contributed by atoms with Crippen LogP contribution in [0.5, 0.6) is 0 Å². The predicted molar refractivity (Wildman–Crippen MR) is 61.1 cm³/mol. The van der Waals surface area contributed by atoms with Crippen LogP contribution in [-0.4, -0.2) is 35.2 Å². The normalized spacial score (nSPS) is 30.6. The van der Waals surface area contributed by atoms with Crippen LogP contribution in [0.3, 0.4) is 0 Å². The summed E-state index contributed by atoms with van der Waals surface area (Å²) in [6, 6.07) is 3.49. The molecule has 0 aromatic carbocycles. The van der Waals surface area contributed by atoms with Crippen LogP contribution in [0.25, 0.3) is 0 Å². The lowest BCUT2D eigenvalue weighted by atomic mass is 10.1. The number of aryl methyl sites for hydroxylation is 1. The first kappa shape index (κ1) is 10.3. The monoisotopic (exact) mass is 221 g/mol. The highest BCUT2D eigenvalue weighted by atomic mass is 16.5. The third-order valence-corrected chi connectivity index (χ3v) is 3.67. The quantitative estimate of drug-likeness (QED) is 0.817. The fourth-order valence-corrected chi connectivity index (χ4v) is 2.88. The van der Waals surface area contributed by atoms with Crippen molar-refractivity contribution in [3.63, 3.8) is 0 Å². The van der Waals surface area contributed by atoms with Crippen molar-refractivity contribution in [2.75, 3.05) is 13.1 Å². The minimum absolute atomic E-state index is 0.695. The first-order valence-corrected chi connectivity index (χ1v) is 6.20. The van der Waals surface area contributed by atoms with Crippen LogP contribution in [0, 0.1) is 6.92 Å². The summed E-state index contributed by atoms with van der Waals surface area (Å²) in [5.41, 5.74) is 1.07. The number of rotatable bonds is 2. The molecule has 2 aliphatic heterocycles. The van der Waals surface area contributed by atoms with Gasteiger partial charge < -0.3 is 9.84 Å². The van der Waals surface area contributed by atoms with Crippen molar-refractivity contribution in [2.24, 2.45) is 0 Å². The van der Waals surface area contributed by atoms with Crippen LogP contribution in [-0.2, 0) is 6.54 Å². The standard InChI is InChI=1S/C12H19N3O/c1-9-6-12(14-16-9)8-15-5-4-10-2-3-11(7-15)13-10/h6,10-11,13H,2-5,7-8H2,1H3. The number of likely N-dealkylation sites (tertiary alicyclic amines) is 1. The largest absolute Gasteiger partial charge is 0.361 e. The summed E-state index contributed by atoms with van der Waals surface area (Å²) in [4.78, 5) is 2.49. The molecule has 2 aliphatic rings. The van der Waals surface area contributed by atoms with E-state index < -0.39 is 0 Å². The highest BCUT2D eigenvalue weighted by Gasteiger charge is 2.29. The molecule has 0 amide bonds. The maximum atomic E-state index is 5.11. The van der Waals surface area contributed by atoms with Crippen LogP contribution in [0.1, 0.15) is 30.7 Å². The summed E-state index contributed by atoms with van der Waals surface area (Å²) in [7, 11) is 0. The van der Waals surface area contributed by atoms with Crippen LogP contribution in [0.15, 0.2) is 10.6 Å². The Morgan fingerprint density at radius 1 is 1.44 bits per heavy atom. The molecule has 2 unspecified atom stereocenters. The average Bonchev–Trinajstić information content (AvgIpc) is 2.77. The van der Waals surface area contributed by atoms with Gasteiger partial charge in [-0.05, 0) is 26.2 Å². The molecule has 16 heavy (non-hydrogen) atoms. The zero-order valence-corrected chi connectivity index (χ0v) is 9.78. The number of nitrogens with zero attached hydrogens (tertiary/aromatic N) is 2. The van der Waals surface area contributed by atoms with Gasteiger partial charge in [-0.25, -0.2) is 0 Å². The van der Waals surface area contributed by atoms with E-state index in [9.17, 15) is 0 Å². The van der Waals surface area contributed by atoms with E-state index in [0.29, 0.717) is 6.04 Å². The first-order chi connectivity index (χ1) is 7.79. The first-order valence-electron chi connectivity index (χ1n) is 6.20. The molecular formula is C12H19N3O. The van der Waals surface area contributed by atoms with E-state index >= 15 is 0 Å². The Morgan fingerprint density at radius 2 is 2.31 bits per heavy atom. The second-order valence-corrected chi connectivity index (χ2v) is 5.09. The maximum Gasteiger partial charge on any atom is 0.133 e. The number of hydrogen-bond donors (Lipinski definition) is 1. The Morgan fingerprint density at radius 3 is 3.12 bits per heavy atom. The Hall–Kier alpha value is -0.870. The van der Waals surface area contributed by atoms with Gasteiger partial charge in [-0.3, -0.25) is 4.90 Å². The van der Waals surface area contributed by atoms with Crippen molar-refractivity contribution in [1.29, 1.82) is 0 Å². The number of hydrogen-bond acceptors (Lipinski definition) is 4. The lowest BCUT2D eigenvalue weighted by molar-refractivity contribution is 0.243. The highest BCUT2D eigenvalue weighted by molar-refractivity contribution is 5.04. The minimum Gasteiger partial charge on any atom is -0.361 e. The molecule has 0 spiro atoms. The third-order valence-electron chi connectivity index (χ3n) is 3.67. The predicted octanol–water partition coefficient (Wildman–Crippen LogP) is 1.31. The van der Waals surface area contributed by atoms with E-state index in [-0.39, 0.29) is 0 Å². The fraction of sp³-hybridized carbons (Fsp3) is 0.750.